The molecule has 0 aliphatic rings. The lowest BCUT2D eigenvalue weighted by Crippen LogP contribution is -2.27. The van der Waals surface area contributed by atoms with Crippen LogP contribution in [0, 0.1) is 0 Å². The molecule has 7 heteroatoms. The lowest BCUT2D eigenvalue weighted by Gasteiger charge is -2.06. The normalized spacial score (nSPS) is 10.6. The molecule has 0 saturated heterocycles. The maximum atomic E-state index is 12.6. The van der Waals surface area contributed by atoms with E-state index in [1.807, 2.05) is 54.2 Å². The summed E-state index contributed by atoms with van der Waals surface area (Å²) in [5.41, 5.74) is 4.66. The number of aromatic nitrogens is 4. The highest BCUT2D eigenvalue weighted by Gasteiger charge is 2.13. The van der Waals surface area contributed by atoms with Crippen molar-refractivity contribution >= 4 is 11.9 Å². The Labute approximate surface area is 181 Å². The Morgan fingerprint density at radius 2 is 1.71 bits per heavy atom. The topological polar surface area (TPSA) is 84.7 Å². The summed E-state index contributed by atoms with van der Waals surface area (Å²) in [6.07, 6.45) is 9.71. The number of rotatable bonds is 8. The predicted molar refractivity (Wildman–Crippen MR) is 120 cm³/mol. The van der Waals surface area contributed by atoms with Crippen LogP contribution in [-0.4, -0.2) is 32.0 Å². The first kappa shape index (κ1) is 20.3. The van der Waals surface area contributed by atoms with Crippen LogP contribution in [0.15, 0.2) is 79.5 Å². The van der Waals surface area contributed by atoms with Crippen LogP contribution in [0.3, 0.4) is 0 Å². The van der Waals surface area contributed by atoms with E-state index in [2.05, 4.69) is 37.7 Å². The van der Waals surface area contributed by atoms with Crippen LogP contribution in [0.4, 0.5) is 5.95 Å². The van der Waals surface area contributed by atoms with Gasteiger partial charge in [-0.1, -0.05) is 30.3 Å². The van der Waals surface area contributed by atoms with E-state index < -0.39 is 0 Å². The van der Waals surface area contributed by atoms with E-state index in [0.29, 0.717) is 24.7 Å². The summed E-state index contributed by atoms with van der Waals surface area (Å²) in [5, 5.41) is 6.19. The van der Waals surface area contributed by atoms with Gasteiger partial charge in [-0.3, -0.25) is 9.78 Å². The van der Waals surface area contributed by atoms with Crippen molar-refractivity contribution in [3.05, 3.63) is 96.3 Å². The summed E-state index contributed by atoms with van der Waals surface area (Å²) >= 11 is 0. The van der Waals surface area contributed by atoms with Gasteiger partial charge >= 0.3 is 0 Å². The number of aryl methyl sites for hydroxylation is 1. The fraction of sp³-hybridized carbons (Fsp3) is 0.167. The maximum absolute atomic E-state index is 12.6. The second-order valence-corrected chi connectivity index (χ2v) is 7.22. The molecule has 2 N–H and O–H groups in total. The number of carbonyl (C=O) groups excluding carboxylic acids is 1. The van der Waals surface area contributed by atoms with Crippen molar-refractivity contribution in [1.82, 2.24) is 24.8 Å². The first-order valence-corrected chi connectivity index (χ1v) is 10.1. The molecular weight excluding hydrogens is 388 g/mol. The number of carbonyl (C=O) groups is 1. The number of benzene rings is 1. The van der Waals surface area contributed by atoms with Crippen molar-refractivity contribution < 1.29 is 4.79 Å². The van der Waals surface area contributed by atoms with Crippen LogP contribution in [-0.2, 0) is 20.0 Å². The van der Waals surface area contributed by atoms with Gasteiger partial charge in [-0.05, 0) is 35.7 Å². The minimum atomic E-state index is -0.107. The summed E-state index contributed by atoms with van der Waals surface area (Å²) in [6.45, 7) is 1.23. The lowest BCUT2D eigenvalue weighted by molar-refractivity contribution is 0.0946. The number of anilines is 1. The summed E-state index contributed by atoms with van der Waals surface area (Å²) in [7, 11) is 1.86. The predicted octanol–water partition coefficient (Wildman–Crippen LogP) is 3.46. The fourth-order valence-corrected chi connectivity index (χ4v) is 3.25. The smallest absolute Gasteiger partial charge is 0.267 e. The minimum Gasteiger partial charge on any atom is -0.350 e. The van der Waals surface area contributed by atoms with Crippen LogP contribution in [0.1, 0.15) is 21.6 Å². The molecule has 0 saturated carbocycles. The van der Waals surface area contributed by atoms with Gasteiger partial charge in [0.15, 0.2) is 0 Å². The van der Waals surface area contributed by atoms with Gasteiger partial charge in [0.2, 0.25) is 5.95 Å². The second kappa shape index (κ2) is 9.67. The molecule has 3 heterocycles. The Morgan fingerprint density at radius 1 is 0.968 bits per heavy atom. The molecule has 0 fully saturated rings. The van der Waals surface area contributed by atoms with Gasteiger partial charge in [0.1, 0.15) is 5.69 Å². The SMILES string of the molecule is Cn1cc(-c2cnc(NCc3ccccc3)nc2)cc1C(=O)NCCc1ccncc1. The Balaban J connectivity index is 1.35. The van der Waals surface area contributed by atoms with E-state index in [-0.39, 0.29) is 5.91 Å². The molecule has 0 atom stereocenters. The molecule has 1 aromatic carbocycles. The highest BCUT2D eigenvalue weighted by atomic mass is 16.1. The van der Waals surface area contributed by atoms with Crippen LogP contribution >= 0.6 is 0 Å². The maximum Gasteiger partial charge on any atom is 0.267 e. The van der Waals surface area contributed by atoms with E-state index in [1.165, 1.54) is 0 Å². The number of hydrogen-bond donors (Lipinski definition) is 2. The van der Waals surface area contributed by atoms with Gasteiger partial charge in [-0.2, -0.15) is 0 Å². The third-order valence-electron chi connectivity index (χ3n) is 4.96. The second-order valence-electron chi connectivity index (χ2n) is 7.22. The summed E-state index contributed by atoms with van der Waals surface area (Å²) in [4.78, 5) is 25.4. The standard InChI is InChI=1S/C24H24N6O/c1-30-17-20(13-22(30)23(31)26-12-9-18-7-10-25-11-8-18)21-15-28-24(29-16-21)27-14-19-5-3-2-4-6-19/h2-8,10-11,13,15-17H,9,12,14H2,1H3,(H,26,31)(H,27,28,29). The van der Waals surface area contributed by atoms with Crippen LogP contribution in [0.5, 0.6) is 0 Å². The average Bonchev–Trinajstić information content (AvgIpc) is 3.21. The molecular formula is C24H24N6O. The van der Waals surface area contributed by atoms with E-state index >= 15 is 0 Å². The van der Waals surface area contributed by atoms with Crippen molar-refractivity contribution in [3.8, 4) is 11.1 Å². The molecule has 0 bridgehead atoms. The molecule has 7 nitrogen and oxygen atoms in total. The average molecular weight is 412 g/mol. The van der Waals surface area contributed by atoms with Crippen molar-refractivity contribution in [3.63, 3.8) is 0 Å². The quantitative estimate of drug-likeness (QED) is 0.463. The van der Waals surface area contributed by atoms with Crippen LogP contribution in [0.2, 0.25) is 0 Å². The van der Waals surface area contributed by atoms with E-state index in [9.17, 15) is 4.79 Å². The molecule has 0 unspecified atom stereocenters. The first-order valence-electron chi connectivity index (χ1n) is 10.1. The molecule has 156 valence electrons. The molecule has 31 heavy (non-hydrogen) atoms. The number of pyridine rings is 1. The van der Waals surface area contributed by atoms with Crippen molar-refractivity contribution in [2.24, 2.45) is 7.05 Å². The number of nitrogens with zero attached hydrogens (tertiary/aromatic N) is 4. The van der Waals surface area contributed by atoms with Gasteiger partial charge in [-0.15, -0.1) is 0 Å². The minimum absolute atomic E-state index is 0.107. The van der Waals surface area contributed by atoms with E-state index in [4.69, 9.17) is 0 Å². The molecule has 1 amide bonds. The Kier molecular flexibility index (Phi) is 6.32. The highest BCUT2D eigenvalue weighted by Crippen LogP contribution is 2.21. The molecule has 0 spiro atoms. The fourth-order valence-electron chi connectivity index (χ4n) is 3.25. The van der Waals surface area contributed by atoms with E-state index in [1.54, 1.807) is 24.8 Å². The largest absolute Gasteiger partial charge is 0.350 e. The van der Waals surface area contributed by atoms with Gasteiger partial charge in [-0.25, -0.2) is 9.97 Å². The number of hydrogen-bond acceptors (Lipinski definition) is 5. The summed E-state index contributed by atoms with van der Waals surface area (Å²) in [5.74, 6) is 0.461. The summed E-state index contributed by atoms with van der Waals surface area (Å²) < 4.78 is 1.82. The molecule has 3 aromatic heterocycles. The van der Waals surface area contributed by atoms with Gasteiger partial charge in [0, 0.05) is 62.2 Å². The van der Waals surface area contributed by atoms with Crippen molar-refractivity contribution in [2.45, 2.75) is 13.0 Å². The molecule has 0 aliphatic heterocycles. The van der Waals surface area contributed by atoms with Crippen molar-refractivity contribution in [1.29, 1.82) is 0 Å². The molecule has 4 aromatic rings. The third-order valence-corrected chi connectivity index (χ3v) is 4.96. The monoisotopic (exact) mass is 412 g/mol. The van der Waals surface area contributed by atoms with E-state index in [0.717, 1.165) is 28.7 Å². The number of amides is 1. The zero-order chi connectivity index (χ0) is 21.5. The van der Waals surface area contributed by atoms with Crippen LogP contribution in [0.25, 0.3) is 11.1 Å². The third kappa shape index (κ3) is 5.33. The van der Waals surface area contributed by atoms with Crippen molar-refractivity contribution in [2.75, 3.05) is 11.9 Å². The zero-order valence-electron chi connectivity index (χ0n) is 17.3. The molecule has 0 radical (unpaired) electrons. The zero-order valence-corrected chi connectivity index (χ0v) is 17.3. The lowest BCUT2D eigenvalue weighted by atomic mass is 10.2. The van der Waals surface area contributed by atoms with Gasteiger partial charge < -0.3 is 15.2 Å². The Morgan fingerprint density at radius 3 is 2.45 bits per heavy atom. The van der Waals surface area contributed by atoms with Gasteiger partial charge in [0.25, 0.3) is 5.91 Å². The molecule has 0 aliphatic carbocycles. The first-order chi connectivity index (χ1) is 15.2. The molecule has 4 rings (SSSR count). The Bertz CT molecular complexity index is 1120. The Hall–Kier alpha value is -4.00. The highest BCUT2D eigenvalue weighted by molar-refractivity contribution is 5.94. The summed E-state index contributed by atoms with van der Waals surface area (Å²) in [6, 6.07) is 15.9. The van der Waals surface area contributed by atoms with Gasteiger partial charge in [0.05, 0.1) is 0 Å². The number of nitrogens with one attached hydrogen (secondary N) is 2. The van der Waals surface area contributed by atoms with Crippen LogP contribution < -0.4 is 10.6 Å².